The third kappa shape index (κ3) is 5.14. The number of methoxy groups -OCH3 is 2. The van der Waals surface area contributed by atoms with Crippen LogP contribution in [0.2, 0.25) is 0 Å². The highest BCUT2D eigenvalue weighted by Crippen LogP contribution is 2.50. The van der Waals surface area contributed by atoms with E-state index in [0.29, 0.717) is 47.2 Å². The van der Waals surface area contributed by atoms with Gasteiger partial charge >= 0.3 is 5.97 Å². The van der Waals surface area contributed by atoms with Crippen LogP contribution < -0.4 is 23.7 Å². The largest absolute Gasteiger partial charge is 0.497 e. The molecule has 7 heteroatoms. The molecule has 6 rings (SSSR count). The first-order valence-electron chi connectivity index (χ1n) is 13.3. The van der Waals surface area contributed by atoms with Crippen molar-refractivity contribution in [1.29, 1.82) is 0 Å². The van der Waals surface area contributed by atoms with Crippen molar-refractivity contribution in [3.63, 3.8) is 0 Å². The lowest BCUT2D eigenvalue weighted by Crippen LogP contribution is -2.22. The van der Waals surface area contributed by atoms with Crippen LogP contribution in [-0.4, -0.2) is 32.6 Å². The van der Waals surface area contributed by atoms with E-state index in [1.54, 1.807) is 32.4 Å². The van der Waals surface area contributed by atoms with Crippen LogP contribution in [0.5, 0.6) is 28.7 Å². The number of Topliss-reactive ketones (excluding diaryl/α,β-unsaturated/α-hetero) is 1. The minimum Gasteiger partial charge on any atom is -0.497 e. The fraction of sp³-hybridized carbons (Fsp3) is 0.176. The van der Waals surface area contributed by atoms with Crippen LogP contribution in [-0.2, 0) is 11.2 Å². The first kappa shape index (κ1) is 26.2. The number of fused-ring (bicyclic) bond motifs is 3. The predicted octanol–water partition coefficient (Wildman–Crippen LogP) is 6.38. The zero-order valence-corrected chi connectivity index (χ0v) is 22.7. The topological polar surface area (TPSA) is 80.3 Å². The lowest BCUT2D eigenvalue weighted by atomic mass is 9.84. The average Bonchev–Trinajstić information content (AvgIpc) is 3.32. The van der Waals surface area contributed by atoms with Crippen molar-refractivity contribution in [3.8, 4) is 28.7 Å². The molecule has 41 heavy (non-hydrogen) atoms. The van der Waals surface area contributed by atoms with Gasteiger partial charge in [-0.1, -0.05) is 48.5 Å². The molecule has 0 saturated heterocycles. The number of para-hydroxylation sites is 2. The monoisotopic (exact) mass is 548 g/mol. The molecular formula is C34H28O7. The van der Waals surface area contributed by atoms with Gasteiger partial charge in [0.15, 0.2) is 5.76 Å². The summed E-state index contributed by atoms with van der Waals surface area (Å²) in [6, 6.07) is 26.2. The molecule has 0 amide bonds. The van der Waals surface area contributed by atoms with Crippen molar-refractivity contribution in [2.45, 2.75) is 18.8 Å². The van der Waals surface area contributed by atoms with E-state index in [-0.39, 0.29) is 23.9 Å². The van der Waals surface area contributed by atoms with Crippen molar-refractivity contribution in [2.75, 3.05) is 20.8 Å². The Balaban J connectivity index is 1.32. The summed E-state index contributed by atoms with van der Waals surface area (Å²) < 4.78 is 28.8. The minimum atomic E-state index is -0.420. The number of benzene rings is 4. The number of hydrogen-bond donors (Lipinski definition) is 0. The first-order valence-corrected chi connectivity index (χ1v) is 13.3. The minimum absolute atomic E-state index is 0.0887. The van der Waals surface area contributed by atoms with E-state index in [9.17, 15) is 9.59 Å². The molecule has 0 spiro atoms. The van der Waals surface area contributed by atoms with Gasteiger partial charge < -0.3 is 23.7 Å². The van der Waals surface area contributed by atoms with Gasteiger partial charge in [-0.05, 0) is 48.0 Å². The summed E-state index contributed by atoms with van der Waals surface area (Å²) in [5, 5.41) is 0. The van der Waals surface area contributed by atoms with E-state index in [4.69, 9.17) is 23.7 Å². The molecule has 2 aliphatic heterocycles. The molecule has 0 aromatic heterocycles. The van der Waals surface area contributed by atoms with Crippen molar-refractivity contribution in [1.82, 2.24) is 0 Å². The number of allylic oxidation sites excluding steroid dienone is 1. The summed E-state index contributed by atoms with van der Waals surface area (Å²) in [5.41, 5.74) is 3.75. The summed E-state index contributed by atoms with van der Waals surface area (Å²) >= 11 is 0. The third-order valence-electron chi connectivity index (χ3n) is 7.31. The van der Waals surface area contributed by atoms with Crippen LogP contribution in [0.15, 0.2) is 90.7 Å². The molecule has 0 saturated carbocycles. The SMILES string of the molecule is COc1ccc(CCOc2ccccc2C2CC(=O)Oc3ccc4c(c32)OC(=Cc2ccccc2OC)C4=O)cc1. The Morgan fingerprint density at radius 3 is 2.37 bits per heavy atom. The highest BCUT2D eigenvalue weighted by Gasteiger charge is 2.39. The fourth-order valence-corrected chi connectivity index (χ4v) is 5.27. The molecule has 0 fully saturated rings. The van der Waals surface area contributed by atoms with Gasteiger partial charge in [-0.2, -0.15) is 0 Å². The van der Waals surface area contributed by atoms with E-state index in [1.165, 1.54) is 0 Å². The molecule has 2 heterocycles. The number of carbonyl (C=O) groups excluding carboxylic acids is 2. The Morgan fingerprint density at radius 1 is 0.829 bits per heavy atom. The Hall–Kier alpha value is -5.04. The van der Waals surface area contributed by atoms with Gasteiger partial charge in [0.2, 0.25) is 5.78 Å². The lowest BCUT2D eigenvalue weighted by molar-refractivity contribution is -0.135. The van der Waals surface area contributed by atoms with Crippen molar-refractivity contribution >= 4 is 17.8 Å². The lowest BCUT2D eigenvalue weighted by Gasteiger charge is -2.27. The maximum Gasteiger partial charge on any atom is 0.312 e. The van der Waals surface area contributed by atoms with Gasteiger partial charge in [0.1, 0.15) is 28.7 Å². The maximum atomic E-state index is 13.4. The number of esters is 1. The second-order valence-corrected chi connectivity index (χ2v) is 9.75. The summed E-state index contributed by atoms with van der Waals surface area (Å²) in [6.45, 7) is 0.445. The Kier molecular flexibility index (Phi) is 7.17. The van der Waals surface area contributed by atoms with E-state index < -0.39 is 5.92 Å². The Bertz CT molecular complexity index is 1650. The molecule has 4 aromatic rings. The zero-order valence-electron chi connectivity index (χ0n) is 22.7. The van der Waals surface area contributed by atoms with Gasteiger partial charge in [-0.15, -0.1) is 0 Å². The summed E-state index contributed by atoms with van der Waals surface area (Å²) in [6.07, 6.45) is 2.46. The highest BCUT2D eigenvalue weighted by atomic mass is 16.5. The molecule has 1 atom stereocenters. The van der Waals surface area contributed by atoms with E-state index in [0.717, 1.165) is 22.4 Å². The molecule has 0 radical (unpaired) electrons. The van der Waals surface area contributed by atoms with Crippen LogP contribution in [0.3, 0.4) is 0 Å². The summed E-state index contributed by atoms with van der Waals surface area (Å²) in [5.74, 6) is 2.04. The Labute approximate surface area is 237 Å². The quantitative estimate of drug-likeness (QED) is 0.144. The van der Waals surface area contributed by atoms with Crippen LogP contribution in [0.25, 0.3) is 6.08 Å². The van der Waals surface area contributed by atoms with E-state index in [2.05, 4.69) is 0 Å². The second-order valence-electron chi connectivity index (χ2n) is 9.75. The van der Waals surface area contributed by atoms with Gasteiger partial charge in [0, 0.05) is 29.0 Å². The molecule has 0 N–H and O–H groups in total. The average molecular weight is 549 g/mol. The van der Waals surface area contributed by atoms with Crippen LogP contribution in [0.4, 0.5) is 0 Å². The van der Waals surface area contributed by atoms with E-state index in [1.807, 2.05) is 72.8 Å². The van der Waals surface area contributed by atoms with Crippen molar-refractivity contribution in [3.05, 3.63) is 119 Å². The standard InChI is InChI=1S/C34H28O7/c1-37-23-13-11-21(12-14-23)17-18-39-28-10-6-4-8-24(28)26-20-31(35)40-29-16-15-25-33(36)30(41-34(25)32(26)29)19-22-7-3-5-9-27(22)38-2/h3-16,19,26H,17-18,20H2,1-2H3. The molecule has 1 unspecified atom stereocenters. The third-order valence-corrected chi connectivity index (χ3v) is 7.31. The molecule has 7 nitrogen and oxygen atoms in total. The normalized spacial score (nSPS) is 16.4. The number of ketones is 1. The van der Waals surface area contributed by atoms with Crippen LogP contribution >= 0.6 is 0 Å². The Morgan fingerprint density at radius 2 is 1.59 bits per heavy atom. The van der Waals surface area contributed by atoms with Gasteiger partial charge in [-0.25, -0.2) is 0 Å². The predicted molar refractivity (Wildman–Crippen MR) is 153 cm³/mol. The highest BCUT2D eigenvalue weighted by molar-refractivity contribution is 6.15. The van der Waals surface area contributed by atoms with Crippen LogP contribution in [0.1, 0.15) is 45.0 Å². The van der Waals surface area contributed by atoms with E-state index >= 15 is 0 Å². The summed E-state index contributed by atoms with van der Waals surface area (Å²) in [4.78, 5) is 26.1. The molecule has 0 bridgehead atoms. The molecular weight excluding hydrogens is 520 g/mol. The smallest absolute Gasteiger partial charge is 0.312 e. The van der Waals surface area contributed by atoms with Gasteiger partial charge in [-0.3, -0.25) is 9.59 Å². The number of rotatable bonds is 8. The zero-order chi connectivity index (χ0) is 28.3. The number of hydrogen-bond acceptors (Lipinski definition) is 7. The summed E-state index contributed by atoms with van der Waals surface area (Å²) in [7, 11) is 3.22. The first-order chi connectivity index (χ1) is 20.1. The van der Waals surface area contributed by atoms with Crippen molar-refractivity contribution in [2.24, 2.45) is 0 Å². The molecule has 2 aliphatic rings. The second kappa shape index (κ2) is 11.2. The maximum absolute atomic E-state index is 13.4. The van der Waals surface area contributed by atoms with Crippen molar-refractivity contribution < 1.29 is 33.3 Å². The molecule has 0 aliphatic carbocycles. The number of carbonyl (C=O) groups is 2. The molecule has 4 aromatic carbocycles. The number of ether oxygens (including phenoxy) is 5. The van der Waals surface area contributed by atoms with Gasteiger partial charge in [0.25, 0.3) is 0 Å². The fourth-order valence-electron chi connectivity index (χ4n) is 5.27. The van der Waals surface area contributed by atoms with Crippen LogP contribution in [0, 0.1) is 0 Å². The molecule has 206 valence electrons. The van der Waals surface area contributed by atoms with Gasteiger partial charge in [0.05, 0.1) is 32.8 Å².